The maximum Gasteiger partial charge on any atom is 0.122 e. The van der Waals surface area contributed by atoms with Gasteiger partial charge >= 0.3 is 0 Å². The summed E-state index contributed by atoms with van der Waals surface area (Å²) in [4.78, 5) is 7.36. The summed E-state index contributed by atoms with van der Waals surface area (Å²) in [6.45, 7) is 2.90. The minimum Gasteiger partial charge on any atom is -0.347 e. The summed E-state index contributed by atoms with van der Waals surface area (Å²) >= 11 is 0. The van der Waals surface area contributed by atoms with Crippen LogP contribution in [0.15, 0.2) is 55.1 Å². The molecule has 0 fully saturated rings. The summed E-state index contributed by atoms with van der Waals surface area (Å²) in [5.41, 5.74) is 2.30. The fourth-order valence-corrected chi connectivity index (χ4v) is 2.07. The Morgan fingerprint density at radius 1 is 1.25 bits per heavy atom. The van der Waals surface area contributed by atoms with Gasteiger partial charge in [0.1, 0.15) is 5.82 Å². The number of hydrogen-bond acceptors (Lipinski definition) is 3. The van der Waals surface area contributed by atoms with Crippen molar-refractivity contribution >= 4 is 0 Å². The van der Waals surface area contributed by atoms with Crippen molar-refractivity contribution in [2.24, 2.45) is 0 Å². The molecule has 0 spiro atoms. The Hall–Kier alpha value is -2.40. The van der Waals surface area contributed by atoms with Gasteiger partial charge in [-0.05, 0) is 30.7 Å². The Morgan fingerprint density at radius 2 is 2.10 bits per heavy atom. The molecular formula is C15H17N5. The second-order valence-corrected chi connectivity index (χ2v) is 4.69. The second-order valence-electron chi connectivity index (χ2n) is 4.69. The van der Waals surface area contributed by atoms with Gasteiger partial charge in [-0.15, -0.1) is 0 Å². The van der Waals surface area contributed by atoms with E-state index in [1.54, 1.807) is 12.4 Å². The number of imidazole rings is 1. The van der Waals surface area contributed by atoms with Crippen LogP contribution < -0.4 is 5.32 Å². The lowest BCUT2D eigenvalue weighted by Gasteiger charge is -2.11. The highest BCUT2D eigenvalue weighted by atomic mass is 15.3. The molecule has 3 rings (SSSR count). The number of hydrogen-bond donors (Lipinski definition) is 2. The van der Waals surface area contributed by atoms with Crippen molar-refractivity contribution in [1.82, 2.24) is 25.1 Å². The van der Waals surface area contributed by atoms with Crippen LogP contribution in [0.5, 0.6) is 0 Å². The molecule has 20 heavy (non-hydrogen) atoms. The Morgan fingerprint density at radius 3 is 2.75 bits per heavy atom. The number of aromatic nitrogens is 4. The second kappa shape index (κ2) is 5.71. The van der Waals surface area contributed by atoms with Crippen molar-refractivity contribution < 1.29 is 0 Å². The zero-order valence-corrected chi connectivity index (χ0v) is 11.3. The third-order valence-corrected chi connectivity index (χ3v) is 3.25. The van der Waals surface area contributed by atoms with E-state index in [2.05, 4.69) is 51.6 Å². The first-order chi connectivity index (χ1) is 9.83. The van der Waals surface area contributed by atoms with Gasteiger partial charge in [-0.25, -0.2) is 9.67 Å². The molecule has 0 amide bonds. The predicted molar refractivity (Wildman–Crippen MR) is 77.4 cm³/mol. The number of nitrogens with one attached hydrogen (secondary N) is 2. The Bertz CT molecular complexity index is 625. The minimum atomic E-state index is 0.204. The fourth-order valence-electron chi connectivity index (χ4n) is 2.07. The monoisotopic (exact) mass is 267 g/mol. The van der Waals surface area contributed by atoms with Crippen LogP contribution in [0.4, 0.5) is 0 Å². The molecule has 0 bridgehead atoms. The van der Waals surface area contributed by atoms with Crippen LogP contribution in [-0.2, 0) is 6.54 Å². The maximum atomic E-state index is 4.25. The zero-order chi connectivity index (χ0) is 13.8. The molecule has 5 nitrogen and oxygen atoms in total. The van der Waals surface area contributed by atoms with Gasteiger partial charge in [0.15, 0.2) is 0 Å². The Kier molecular flexibility index (Phi) is 3.60. The number of nitrogens with zero attached hydrogens (tertiary/aromatic N) is 3. The van der Waals surface area contributed by atoms with E-state index in [-0.39, 0.29) is 6.04 Å². The molecule has 3 aromatic rings. The van der Waals surface area contributed by atoms with Crippen molar-refractivity contribution in [3.05, 3.63) is 66.5 Å². The molecule has 0 aliphatic carbocycles. The van der Waals surface area contributed by atoms with Crippen LogP contribution in [0.3, 0.4) is 0 Å². The molecule has 1 aromatic carbocycles. The number of benzene rings is 1. The average Bonchev–Trinajstić information content (AvgIpc) is 3.18. The van der Waals surface area contributed by atoms with Crippen molar-refractivity contribution in [1.29, 1.82) is 0 Å². The molecule has 0 aliphatic rings. The zero-order valence-electron chi connectivity index (χ0n) is 11.3. The number of H-pyrrole nitrogens is 1. The highest BCUT2D eigenvalue weighted by Crippen LogP contribution is 2.11. The van der Waals surface area contributed by atoms with Gasteiger partial charge in [-0.2, -0.15) is 5.10 Å². The van der Waals surface area contributed by atoms with Crippen molar-refractivity contribution in [2.75, 3.05) is 0 Å². The molecule has 1 unspecified atom stereocenters. The molecule has 2 aromatic heterocycles. The van der Waals surface area contributed by atoms with E-state index in [0.29, 0.717) is 0 Å². The van der Waals surface area contributed by atoms with E-state index >= 15 is 0 Å². The molecule has 5 heteroatoms. The quantitative estimate of drug-likeness (QED) is 0.746. The third-order valence-electron chi connectivity index (χ3n) is 3.25. The highest BCUT2D eigenvalue weighted by Gasteiger charge is 2.06. The van der Waals surface area contributed by atoms with Gasteiger partial charge in [-0.3, -0.25) is 0 Å². The molecular weight excluding hydrogens is 250 g/mol. The van der Waals surface area contributed by atoms with Crippen LogP contribution in [0.1, 0.15) is 24.4 Å². The summed E-state index contributed by atoms with van der Waals surface area (Å²) in [5, 5.41) is 7.65. The molecule has 0 saturated carbocycles. The summed E-state index contributed by atoms with van der Waals surface area (Å²) in [6.07, 6.45) is 7.32. The predicted octanol–water partition coefficient (Wildman–Crippen LogP) is 2.45. The van der Waals surface area contributed by atoms with Crippen molar-refractivity contribution in [3.8, 4) is 5.69 Å². The van der Waals surface area contributed by atoms with E-state index in [1.165, 1.54) is 5.56 Å². The van der Waals surface area contributed by atoms with Crippen molar-refractivity contribution in [2.45, 2.75) is 19.5 Å². The summed E-state index contributed by atoms with van der Waals surface area (Å²) in [7, 11) is 0. The lowest BCUT2D eigenvalue weighted by molar-refractivity contribution is 0.551. The summed E-state index contributed by atoms with van der Waals surface area (Å²) < 4.78 is 1.85. The molecule has 0 radical (unpaired) electrons. The van der Waals surface area contributed by atoms with E-state index in [1.807, 2.05) is 23.1 Å². The van der Waals surface area contributed by atoms with Gasteiger partial charge in [0.25, 0.3) is 0 Å². The van der Waals surface area contributed by atoms with Gasteiger partial charge in [0, 0.05) is 31.3 Å². The maximum absolute atomic E-state index is 4.25. The SMILES string of the molecule is CC(NCc1ccc(-n2cccn2)cc1)c1ncc[nH]1. The molecule has 1 atom stereocenters. The van der Waals surface area contributed by atoms with Gasteiger partial charge in [0.05, 0.1) is 11.7 Å². The van der Waals surface area contributed by atoms with Crippen LogP contribution in [0, 0.1) is 0 Å². The smallest absolute Gasteiger partial charge is 0.122 e. The molecule has 0 saturated heterocycles. The van der Waals surface area contributed by atoms with Gasteiger partial charge < -0.3 is 10.3 Å². The fraction of sp³-hybridized carbons (Fsp3) is 0.200. The Labute approximate surface area is 117 Å². The summed E-state index contributed by atoms with van der Waals surface area (Å²) in [5.74, 6) is 0.957. The first-order valence-electron chi connectivity index (χ1n) is 6.64. The molecule has 2 heterocycles. The minimum absolute atomic E-state index is 0.204. The standard InChI is InChI=1S/C15H17N5/c1-12(15-16-8-9-17-15)18-11-13-3-5-14(6-4-13)20-10-2-7-19-20/h2-10,12,18H,11H2,1H3,(H,16,17). The third kappa shape index (κ3) is 2.78. The number of rotatable bonds is 5. The van der Waals surface area contributed by atoms with E-state index < -0.39 is 0 Å². The van der Waals surface area contributed by atoms with Crippen LogP contribution in [0.25, 0.3) is 5.69 Å². The number of aromatic amines is 1. The first kappa shape index (κ1) is 12.6. The summed E-state index contributed by atoms with van der Waals surface area (Å²) in [6, 6.07) is 10.5. The lowest BCUT2D eigenvalue weighted by atomic mass is 10.2. The lowest BCUT2D eigenvalue weighted by Crippen LogP contribution is -2.19. The van der Waals surface area contributed by atoms with E-state index in [0.717, 1.165) is 18.1 Å². The van der Waals surface area contributed by atoms with Crippen LogP contribution in [-0.4, -0.2) is 19.7 Å². The topological polar surface area (TPSA) is 58.5 Å². The average molecular weight is 267 g/mol. The highest BCUT2D eigenvalue weighted by molar-refractivity contribution is 5.33. The van der Waals surface area contributed by atoms with Gasteiger partial charge in [0.2, 0.25) is 0 Å². The van der Waals surface area contributed by atoms with Crippen molar-refractivity contribution in [3.63, 3.8) is 0 Å². The van der Waals surface area contributed by atoms with E-state index in [4.69, 9.17) is 0 Å². The first-order valence-corrected chi connectivity index (χ1v) is 6.64. The Balaban J connectivity index is 1.61. The molecule has 0 aliphatic heterocycles. The normalized spacial score (nSPS) is 12.4. The van der Waals surface area contributed by atoms with Crippen LogP contribution in [0.2, 0.25) is 0 Å². The molecule has 2 N–H and O–H groups in total. The van der Waals surface area contributed by atoms with E-state index in [9.17, 15) is 0 Å². The van der Waals surface area contributed by atoms with Gasteiger partial charge in [-0.1, -0.05) is 12.1 Å². The molecule has 102 valence electrons. The largest absolute Gasteiger partial charge is 0.347 e. The van der Waals surface area contributed by atoms with Crippen LogP contribution >= 0.6 is 0 Å².